The van der Waals surface area contributed by atoms with E-state index in [1.807, 2.05) is 0 Å². The molecule has 1 aromatic rings. The van der Waals surface area contributed by atoms with E-state index >= 15 is 0 Å². The van der Waals surface area contributed by atoms with Gasteiger partial charge in [0.1, 0.15) is 10.7 Å². The van der Waals surface area contributed by atoms with Crippen molar-refractivity contribution < 1.29 is 12.8 Å². The third kappa shape index (κ3) is 4.26. The van der Waals surface area contributed by atoms with E-state index in [-0.39, 0.29) is 4.90 Å². The zero-order valence-corrected chi connectivity index (χ0v) is 12.3. The van der Waals surface area contributed by atoms with E-state index in [1.165, 1.54) is 37.5 Å². The molecule has 1 saturated heterocycles. The first-order valence-corrected chi connectivity index (χ1v) is 8.54. The molecule has 1 aromatic carbocycles. The molecule has 20 heavy (non-hydrogen) atoms. The van der Waals surface area contributed by atoms with Crippen molar-refractivity contribution in [2.45, 2.75) is 30.6 Å². The van der Waals surface area contributed by atoms with Gasteiger partial charge in [0.15, 0.2) is 0 Å². The number of benzene rings is 1. The second kappa shape index (κ2) is 7.15. The lowest BCUT2D eigenvalue weighted by Crippen LogP contribution is -2.33. The third-order valence-corrected chi connectivity index (χ3v) is 5.01. The Bertz CT molecular complexity index is 528. The van der Waals surface area contributed by atoms with Crippen molar-refractivity contribution >= 4 is 10.0 Å². The normalized spacial score (nSPS) is 17.2. The summed E-state index contributed by atoms with van der Waals surface area (Å²) in [6.45, 7) is 3.42. The van der Waals surface area contributed by atoms with Gasteiger partial charge in [-0.1, -0.05) is 18.6 Å². The average Bonchev–Trinajstić information content (AvgIpc) is 2.45. The van der Waals surface area contributed by atoms with Crippen LogP contribution in [0.4, 0.5) is 4.39 Å². The Morgan fingerprint density at radius 2 is 1.85 bits per heavy atom. The molecule has 0 unspecified atom stereocenters. The number of nitrogens with one attached hydrogen (secondary N) is 1. The minimum atomic E-state index is -3.74. The van der Waals surface area contributed by atoms with E-state index < -0.39 is 15.8 Å². The van der Waals surface area contributed by atoms with E-state index in [0.717, 1.165) is 32.1 Å². The van der Waals surface area contributed by atoms with Gasteiger partial charge in [-0.2, -0.15) is 0 Å². The van der Waals surface area contributed by atoms with E-state index in [1.54, 1.807) is 0 Å². The zero-order chi connectivity index (χ0) is 14.4. The number of hydrogen-bond donors (Lipinski definition) is 1. The number of sulfonamides is 1. The van der Waals surface area contributed by atoms with Crippen LogP contribution in [0.25, 0.3) is 0 Å². The summed E-state index contributed by atoms with van der Waals surface area (Å²) in [5.74, 6) is -0.712. The van der Waals surface area contributed by atoms with Gasteiger partial charge >= 0.3 is 0 Å². The predicted octanol–water partition coefficient (Wildman–Crippen LogP) is 1.98. The quantitative estimate of drug-likeness (QED) is 0.817. The fourth-order valence-electron chi connectivity index (χ4n) is 2.43. The third-order valence-electron chi connectivity index (χ3n) is 3.52. The van der Waals surface area contributed by atoms with Crippen molar-refractivity contribution in [2.75, 3.05) is 26.2 Å². The maximum absolute atomic E-state index is 13.5. The van der Waals surface area contributed by atoms with Crippen LogP contribution < -0.4 is 4.72 Å². The zero-order valence-electron chi connectivity index (χ0n) is 11.5. The van der Waals surface area contributed by atoms with Crippen molar-refractivity contribution in [3.8, 4) is 0 Å². The molecule has 2 rings (SSSR count). The summed E-state index contributed by atoms with van der Waals surface area (Å²) in [5.41, 5.74) is 0. The molecule has 0 aromatic heterocycles. The van der Waals surface area contributed by atoms with Crippen molar-refractivity contribution in [1.29, 1.82) is 0 Å². The molecule has 0 bridgehead atoms. The highest BCUT2D eigenvalue weighted by atomic mass is 32.2. The fraction of sp³-hybridized carbons (Fsp3) is 0.571. The SMILES string of the molecule is O=S(=O)(NCCCN1CCCCC1)c1ccccc1F. The predicted molar refractivity (Wildman–Crippen MR) is 76.5 cm³/mol. The van der Waals surface area contributed by atoms with Gasteiger partial charge in [0, 0.05) is 6.54 Å². The largest absolute Gasteiger partial charge is 0.303 e. The van der Waals surface area contributed by atoms with Crippen molar-refractivity contribution in [1.82, 2.24) is 9.62 Å². The Morgan fingerprint density at radius 1 is 1.15 bits per heavy atom. The van der Waals surface area contributed by atoms with E-state index in [9.17, 15) is 12.8 Å². The maximum Gasteiger partial charge on any atom is 0.243 e. The van der Waals surface area contributed by atoms with Gasteiger partial charge in [0.05, 0.1) is 0 Å². The lowest BCUT2D eigenvalue weighted by Gasteiger charge is -2.26. The topological polar surface area (TPSA) is 49.4 Å². The second-order valence-electron chi connectivity index (χ2n) is 5.08. The van der Waals surface area contributed by atoms with E-state index in [0.29, 0.717) is 6.54 Å². The Labute approximate surface area is 120 Å². The number of nitrogens with zero attached hydrogens (tertiary/aromatic N) is 1. The highest BCUT2D eigenvalue weighted by molar-refractivity contribution is 7.89. The van der Waals surface area contributed by atoms with Crippen molar-refractivity contribution in [2.24, 2.45) is 0 Å². The Balaban J connectivity index is 1.79. The molecule has 0 spiro atoms. The molecule has 112 valence electrons. The van der Waals surface area contributed by atoms with Crippen LogP contribution in [-0.2, 0) is 10.0 Å². The molecule has 6 heteroatoms. The molecular formula is C14H21FN2O2S. The van der Waals surface area contributed by atoms with Crippen LogP contribution in [0, 0.1) is 5.82 Å². The molecule has 0 amide bonds. The smallest absolute Gasteiger partial charge is 0.243 e. The lowest BCUT2D eigenvalue weighted by atomic mass is 10.1. The molecule has 0 atom stereocenters. The van der Waals surface area contributed by atoms with Crippen molar-refractivity contribution in [3.63, 3.8) is 0 Å². The Morgan fingerprint density at radius 3 is 2.55 bits per heavy atom. The van der Waals surface area contributed by atoms with Gasteiger partial charge in [-0.15, -0.1) is 0 Å². The maximum atomic E-state index is 13.5. The number of likely N-dealkylation sites (tertiary alicyclic amines) is 1. The number of rotatable bonds is 6. The van der Waals surface area contributed by atoms with Gasteiger partial charge < -0.3 is 4.90 Å². The first-order valence-electron chi connectivity index (χ1n) is 7.06. The van der Waals surface area contributed by atoms with Gasteiger partial charge in [-0.3, -0.25) is 0 Å². The summed E-state index contributed by atoms with van der Waals surface area (Å²) in [4.78, 5) is 2.07. The Kier molecular flexibility index (Phi) is 5.51. The summed E-state index contributed by atoms with van der Waals surface area (Å²) in [6, 6.07) is 5.43. The van der Waals surface area contributed by atoms with E-state index in [4.69, 9.17) is 0 Å². The molecule has 1 fully saturated rings. The standard InChI is InChI=1S/C14H21FN2O2S/c15-13-7-2-3-8-14(13)20(18,19)16-9-6-12-17-10-4-1-5-11-17/h2-3,7-8,16H,1,4-6,9-12H2. The molecule has 4 nitrogen and oxygen atoms in total. The van der Waals surface area contributed by atoms with Crippen LogP contribution in [0.15, 0.2) is 29.2 Å². The first kappa shape index (κ1) is 15.4. The molecule has 1 heterocycles. The number of hydrogen-bond acceptors (Lipinski definition) is 3. The van der Waals surface area contributed by atoms with Crippen LogP contribution >= 0.6 is 0 Å². The summed E-state index contributed by atoms with van der Waals surface area (Å²) >= 11 is 0. The molecule has 1 aliphatic heterocycles. The van der Waals surface area contributed by atoms with Crippen LogP contribution in [0.5, 0.6) is 0 Å². The minimum Gasteiger partial charge on any atom is -0.303 e. The molecule has 1 aliphatic rings. The monoisotopic (exact) mass is 300 g/mol. The molecule has 1 N–H and O–H groups in total. The molecule has 0 saturated carbocycles. The van der Waals surface area contributed by atoms with Gasteiger partial charge in [0.25, 0.3) is 0 Å². The highest BCUT2D eigenvalue weighted by Gasteiger charge is 2.17. The first-order chi connectivity index (χ1) is 9.59. The van der Waals surface area contributed by atoms with E-state index in [2.05, 4.69) is 9.62 Å². The summed E-state index contributed by atoms with van der Waals surface area (Å²) < 4.78 is 39.8. The molecule has 0 radical (unpaired) electrons. The van der Waals surface area contributed by atoms with Gasteiger partial charge in [-0.25, -0.2) is 17.5 Å². The molecular weight excluding hydrogens is 279 g/mol. The summed E-state index contributed by atoms with van der Waals surface area (Å²) in [6.07, 6.45) is 4.48. The second-order valence-corrected chi connectivity index (χ2v) is 6.82. The van der Waals surface area contributed by atoms with Crippen molar-refractivity contribution in [3.05, 3.63) is 30.1 Å². The summed E-state index contributed by atoms with van der Waals surface area (Å²) in [5, 5.41) is 0. The summed E-state index contributed by atoms with van der Waals surface area (Å²) in [7, 11) is -3.74. The number of piperidine rings is 1. The lowest BCUT2D eigenvalue weighted by molar-refractivity contribution is 0.227. The number of halogens is 1. The van der Waals surface area contributed by atoms with Crippen LogP contribution in [0.3, 0.4) is 0 Å². The van der Waals surface area contributed by atoms with Gasteiger partial charge in [-0.05, 0) is 51.0 Å². The van der Waals surface area contributed by atoms with Crippen LogP contribution in [-0.4, -0.2) is 39.5 Å². The average molecular weight is 300 g/mol. The highest BCUT2D eigenvalue weighted by Crippen LogP contribution is 2.13. The fourth-order valence-corrected chi connectivity index (χ4v) is 3.58. The van der Waals surface area contributed by atoms with Crippen LogP contribution in [0.2, 0.25) is 0 Å². The minimum absolute atomic E-state index is 0.280. The Hall–Kier alpha value is -0.980. The molecule has 0 aliphatic carbocycles. The van der Waals surface area contributed by atoms with Gasteiger partial charge in [0.2, 0.25) is 10.0 Å². The van der Waals surface area contributed by atoms with Crippen LogP contribution in [0.1, 0.15) is 25.7 Å².